The molecule has 0 N–H and O–H groups in total. The van der Waals surface area contributed by atoms with Gasteiger partial charge in [-0.05, 0) is 0 Å². The van der Waals surface area contributed by atoms with Crippen LogP contribution in [0.3, 0.4) is 0 Å². The van der Waals surface area contributed by atoms with Crippen molar-refractivity contribution in [2.24, 2.45) is 0 Å². The monoisotopic (exact) mass is 218 g/mol. The molecule has 0 saturated heterocycles. The molecule has 5 heteroatoms. The molecule has 0 fully saturated rings. The van der Waals surface area contributed by atoms with Gasteiger partial charge in [0.05, 0.1) is 0 Å². The summed E-state index contributed by atoms with van der Waals surface area (Å²) in [6.45, 7) is 9.01. The molecule has 0 aromatic carbocycles. The fourth-order valence-corrected chi connectivity index (χ4v) is 1.79. The fourth-order valence-electron chi connectivity index (χ4n) is 0.596. The van der Waals surface area contributed by atoms with Crippen LogP contribution in [-0.4, -0.2) is 34.4 Å². The van der Waals surface area contributed by atoms with Crippen molar-refractivity contribution in [1.82, 2.24) is 0 Å². The zero-order chi connectivity index (χ0) is 5.86. The van der Waals surface area contributed by atoms with Crippen LogP contribution in [0.15, 0.2) is 0 Å². The first-order valence-electron chi connectivity index (χ1n) is 2.83. The van der Waals surface area contributed by atoms with Crippen LogP contribution in [0.1, 0.15) is 27.7 Å². The molecule has 0 aliphatic rings. The van der Waals surface area contributed by atoms with Gasteiger partial charge in [0.2, 0.25) is 0 Å². The van der Waals surface area contributed by atoms with E-state index >= 15 is 0 Å². The molecule has 0 amide bonds. The Balaban J connectivity index is -0.0000000300. The summed E-state index contributed by atoms with van der Waals surface area (Å²) >= 11 is 0. The van der Waals surface area contributed by atoms with E-state index in [1.807, 2.05) is 0 Å². The van der Waals surface area contributed by atoms with Gasteiger partial charge < -0.3 is 33.4 Å². The normalized spacial score (nSPS) is 7.09. The summed E-state index contributed by atoms with van der Waals surface area (Å²) in [4.78, 5) is 0. The summed E-state index contributed by atoms with van der Waals surface area (Å²) < 4.78 is 0. The maximum Gasteiger partial charge on any atom is 2.00 e. The third-order valence-electron chi connectivity index (χ3n) is 0.596. The maximum atomic E-state index is 2.25. The minimum atomic E-state index is 0. The van der Waals surface area contributed by atoms with Crippen molar-refractivity contribution in [1.29, 1.82) is 0 Å². The second-order valence-electron chi connectivity index (χ2n) is 2.34. The molecule has 0 aliphatic carbocycles. The molecule has 0 saturated carbocycles. The van der Waals surface area contributed by atoms with E-state index in [-0.39, 0.29) is 66.7 Å². The Morgan fingerprint density at radius 2 is 1.00 bits per heavy atom. The third-order valence-corrected chi connectivity index (χ3v) is 1.79. The smallest absolute Gasteiger partial charge is 1.00 e. The summed E-state index contributed by atoms with van der Waals surface area (Å²) in [7, 11) is 1.58. The van der Waals surface area contributed by atoms with Crippen molar-refractivity contribution < 1.29 is 43.7 Å². The minimum absolute atomic E-state index is 0. The van der Waals surface area contributed by atoms with Gasteiger partial charge in [0.1, 0.15) is 0 Å². The van der Waals surface area contributed by atoms with Crippen LogP contribution in [-0.2, 0) is 0 Å². The van der Waals surface area contributed by atoms with Crippen molar-refractivity contribution in [3.8, 4) is 0 Å². The maximum absolute atomic E-state index is 2.25. The molecule has 0 aromatic rings. The molecule has 0 atom stereocenters. The van der Waals surface area contributed by atoms with Crippen molar-refractivity contribution in [2.45, 2.75) is 39.0 Å². The summed E-state index contributed by atoms with van der Waals surface area (Å²) in [5.41, 5.74) is 1.69. The Morgan fingerprint density at radius 1 is 0.818 bits per heavy atom. The Bertz CT molecular complexity index is 49.8. The molecule has 0 heterocycles. The van der Waals surface area contributed by atoms with Crippen LogP contribution in [0, 0.1) is 0 Å². The summed E-state index contributed by atoms with van der Waals surface area (Å²) in [5, 5.41) is 0. The van der Waals surface area contributed by atoms with Crippen LogP contribution in [0.5, 0.6) is 0 Å². The van der Waals surface area contributed by atoms with E-state index in [1.54, 1.807) is 8.58 Å². The zero-order valence-electron chi connectivity index (χ0n) is 8.06. The fraction of sp³-hybridized carbons (Fsp3) is 1.00. The molecule has 0 unspecified atom stereocenters. The molecule has 0 rings (SSSR count). The Morgan fingerprint density at radius 3 is 1.00 bits per heavy atom. The van der Waals surface area contributed by atoms with Crippen LogP contribution in [0.25, 0.3) is 0 Å². The van der Waals surface area contributed by atoms with Crippen molar-refractivity contribution >= 4 is 31.6 Å². The van der Waals surface area contributed by atoms with Crippen molar-refractivity contribution in [3.63, 3.8) is 0 Å². The van der Waals surface area contributed by atoms with Gasteiger partial charge >= 0.3 is 41.9 Å². The standard InChI is InChI=1S/C6H14P.2ClH.Li.Mg/c1-5(2)7-6(3)4;;;;/h5-6H,1-4H3;2*1H;;/q-1;;;+1;+2/p-2. The molecule has 0 aromatic heterocycles. The van der Waals surface area contributed by atoms with Crippen molar-refractivity contribution in [2.75, 3.05) is 0 Å². The van der Waals surface area contributed by atoms with E-state index in [4.69, 9.17) is 0 Å². The molecule has 11 heavy (non-hydrogen) atoms. The predicted molar refractivity (Wildman–Crippen MR) is 42.9 cm³/mol. The van der Waals surface area contributed by atoms with Gasteiger partial charge in [-0.3, -0.25) is 0 Å². The van der Waals surface area contributed by atoms with E-state index in [2.05, 4.69) is 27.7 Å². The SMILES string of the molecule is CC(C)[P-]C(C)C.[Cl-].[Cl-].[Li+].[Mg+2]. The van der Waals surface area contributed by atoms with Gasteiger partial charge in [-0.25, -0.2) is 0 Å². The first-order chi connectivity index (χ1) is 3.13. The largest absolute Gasteiger partial charge is 2.00 e. The number of hydrogen-bond acceptors (Lipinski definition) is 0. The summed E-state index contributed by atoms with van der Waals surface area (Å²) in [5.74, 6) is 0. The average molecular weight is 219 g/mol. The van der Waals surface area contributed by atoms with Gasteiger partial charge in [0, 0.05) is 0 Å². The van der Waals surface area contributed by atoms with Gasteiger partial charge in [-0.1, -0.05) is 27.7 Å². The van der Waals surface area contributed by atoms with Crippen LogP contribution >= 0.6 is 8.58 Å². The van der Waals surface area contributed by atoms with Gasteiger partial charge in [0.25, 0.3) is 0 Å². The molecule has 0 nitrogen and oxygen atoms in total. The number of rotatable bonds is 2. The number of halogens is 2. The Kier molecular flexibility index (Phi) is 48.4. The van der Waals surface area contributed by atoms with Crippen LogP contribution in [0.2, 0.25) is 0 Å². The topological polar surface area (TPSA) is 0 Å². The molecular weight excluding hydrogens is 205 g/mol. The van der Waals surface area contributed by atoms with Crippen LogP contribution < -0.4 is 43.7 Å². The minimum Gasteiger partial charge on any atom is -1.00 e. The molecule has 0 spiro atoms. The molecule has 0 bridgehead atoms. The van der Waals surface area contributed by atoms with E-state index in [1.165, 1.54) is 0 Å². The second-order valence-corrected chi connectivity index (χ2v) is 4.70. The van der Waals surface area contributed by atoms with E-state index < -0.39 is 0 Å². The second kappa shape index (κ2) is 18.2. The average Bonchev–Trinajstić information content (AvgIpc) is 1.27. The first-order valence-corrected chi connectivity index (χ1v) is 3.86. The van der Waals surface area contributed by atoms with E-state index in [0.29, 0.717) is 0 Å². The predicted octanol–water partition coefficient (Wildman–Crippen LogP) is -6.62. The summed E-state index contributed by atoms with van der Waals surface area (Å²) in [6, 6.07) is 0. The third kappa shape index (κ3) is 32.8. The Hall–Kier alpha value is 2.37. The van der Waals surface area contributed by atoms with Gasteiger partial charge in [0.15, 0.2) is 0 Å². The van der Waals surface area contributed by atoms with Crippen molar-refractivity contribution in [3.05, 3.63) is 0 Å². The summed E-state index contributed by atoms with van der Waals surface area (Å²) in [6.07, 6.45) is 0. The molecule has 60 valence electrons. The molecule has 0 radical (unpaired) electrons. The van der Waals surface area contributed by atoms with Gasteiger partial charge in [-0.15, -0.1) is 0 Å². The Labute approximate surface area is 113 Å². The molecule has 0 aliphatic heterocycles. The van der Waals surface area contributed by atoms with Gasteiger partial charge in [-0.2, -0.15) is 11.3 Å². The zero-order valence-corrected chi connectivity index (χ0v) is 11.9. The molecular formula is C6H14Cl2LiMgP. The number of hydrogen-bond donors (Lipinski definition) is 0. The van der Waals surface area contributed by atoms with E-state index in [9.17, 15) is 0 Å². The quantitative estimate of drug-likeness (QED) is 0.320. The first kappa shape index (κ1) is 29.2. The van der Waals surface area contributed by atoms with Crippen LogP contribution in [0.4, 0.5) is 0 Å². The van der Waals surface area contributed by atoms with E-state index in [0.717, 1.165) is 11.3 Å².